The van der Waals surface area contributed by atoms with Crippen molar-refractivity contribution in [2.45, 2.75) is 26.8 Å². The fourth-order valence-corrected chi connectivity index (χ4v) is 3.29. The van der Waals surface area contributed by atoms with Gasteiger partial charge in [0.1, 0.15) is 12.4 Å². The predicted molar refractivity (Wildman–Crippen MR) is 107 cm³/mol. The van der Waals surface area contributed by atoms with Crippen molar-refractivity contribution in [3.8, 4) is 11.3 Å². The summed E-state index contributed by atoms with van der Waals surface area (Å²) in [5.74, 6) is 0.0233. The van der Waals surface area contributed by atoms with Gasteiger partial charge in [-0.1, -0.05) is 0 Å². The summed E-state index contributed by atoms with van der Waals surface area (Å²) < 4.78 is 30.5. The van der Waals surface area contributed by atoms with Crippen LogP contribution in [0.25, 0.3) is 22.3 Å². The van der Waals surface area contributed by atoms with E-state index in [1.165, 1.54) is 10.7 Å². The standard InChI is InChI=1S/C20H19F2N7O/c1-11-4-5-23-16(6-11)26-17(30)10-29-20-18(12(2)27-29)14(19(21)22)7-15(25-20)13-8-24-28(3)9-13/h4-9,19H,10H2,1-3H3,(H,23,26,30). The normalized spacial score (nSPS) is 11.4. The molecule has 0 aliphatic heterocycles. The molecule has 4 heterocycles. The number of carbonyl (C=O) groups excluding carboxylic acids is 1. The minimum atomic E-state index is -2.72. The minimum absolute atomic E-state index is 0.177. The number of nitrogens with one attached hydrogen (secondary N) is 1. The van der Waals surface area contributed by atoms with Crippen molar-refractivity contribution >= 4 is 22.8 Å². The maximum atomic E-state index is 13.8. The molecule has 8 nitrogen and oxygen atoms in total. The Kier molecular flexibility index (Phi) is 4.98. The molecule has 4 aromatic rings. The van der Waals surface area contributed by atoms with Crippen molar-refractivity contribution in [1.29, 1.82) is 0 Å². The third-order valence-electron chi connectivity index (χ3n) is 4.62. The van der Waals surface area contributed by atoms with Crippen LogP contribution in [0.1, 0.15) is 23.2 Å². The number of hydrogen-bond donors (Lipinski definition) is 1. The monoisotopic (exact) mass is 411 g/mol. The number of carbonyl (C=O) groups is 1. The lowest BCUT2D eigenvalue weighted by Gasteiger charge is -2.08. The van der Waals surface area contributed by atoms with Crippen molar-refractivity contribution in [3.05, 3.63) is 53.6 Å². The molecule has 10 heteroatoms. The summed E-state index contributed by atoms with van der Waals surface area (Å²) in [6.45, 7) is 3.32. The van der Waals surface area contributed by atoms with Crippen LogP contribution >= 0.6 is 0 Å². The third-order valence-corrected chi connectivity index (χ3v) is 4.62. The second-order valence-electron chi connectivity index (χ2n) is 7.01. The van der Waals surface area contributed by atoms with Crippen molar-refractivity contribution in [1.82, 2.24) is 29.5 Å². The third kappa shape index (κ3) is 3.76. The number of pyridine rings is 2. The molecule has 4 aromatic heterocycles. The van der Waals surface area contributed by atoms with Gasteiger partial charge in [0.05, 0.1) is 23.0 Å². The number of fused-ring (bicyclic) bond motifs is 1. The quantitative estimate of drug-likeness (QED) is 0.543. The minimum Gasteiger partial charge on any atom is -0.309 e. The Hall–Kier alpha value is -3.69. The van der Waals surface area contributed by atoms with E-state index in [0.29, 0.717) is 22.8 Å². The van der Waals surface area contributed by atoms with E-state index in [4.69, 9.17) is 0 Å². The number of halogens is 2. The molecular formula is C20H19F2N7O. The molecule has 0 fully saturated rings. The van der Waals surface area contributed by atoms with Gasteiger partial charge in [-0.15, -0.1) is 0 Å². The number of hydrogen-bond acceptors (Lipinski definition) is 5. The first-order chi connectivity index (χ1) is 14.3. The van der Waals surface area contributed by atoms with Gasteiger partial charge in [-0.05, 0) is 37.6 Å². The molecule has 0 spiro atoms. The fourth-order valence-electron chi connectivity index (χ4n) is 3.29. The number of aromatic nitrogens is 6. The summed E-state index contributed by atoms with van der Waals surface area (Å²) in [6, 6.07) is 4.90. The van der Waals surface area contributed by atoms with Crippen molar-refractivity contribution in [2.24, 2.45) is 7.05 Å². The fraction of sp³-hybridized carbons (Fsp3) is 0.250. The van der Waals surface area contributed by atoms with Crippen molar-refractivity contribution < 1.29 is 13.6 Å². The molecule has 0 radical (unpaired) electrons. The molecule has 0 saturated heterocycles. The van der Waals surface area contributed by atoms with Crippen LogP contribution in [-0.2, 0) is 18.4 Å². The number of rotatable bonds is 5. The Bertz CT molecular complexity index is 1250. The van der Waals surface area contributed by atoms with Crippen LogP contribution in [0.15, 0.2) is 36.8 Å². The van der Waals surface area contributed by atoms with Gasteiger partial charge in [0.2, 0.25) is 5.91 Å². The molecule has 154 valence electrons. The summed E-state index contributed by atoms with van der Waals surface area (Å²) in [7, 11) is 1.73. The van der Waals surface area contributed by atoms with E-state index in [0.717, 1.165) is 5.56 Å². The lowest BCUT2D eigenvalue weighted by Crippen LogP contribution is -2.20. The Balaban J connectivity index is 1.74. The summed E-state index contributed by atoms with van der Waals surface area (Å²) in [6.07, 6.45) is 2.11. The topological polar surface area (TPSA) is 90.5 Å². The Morgan fingerprint density at radius 3 is 2.73 bits per heavy atom. The number of aryl methyl sites for hydroxylation is 3. The molecule has 0 aliphatic rings. The highest BCUT2D eigenvalue weighted by molar-refractivity contribution is 5.91. The Morgan fingerprint density at radius 2 is 2.07 bits per heavy atom. The summed E-state index contributed by atoms with van der Waals surface area (Å²) in [5, 5.41) is 11.3. The van der Waals surface area contributed by atoms with Gasteiger partial charge in [0, 0.05) is 30.6 Å². The molecule has 0 bridgehead atoms. The molecule has 1 amide bonds. The molecule has 0 aliphatic carbocycles. The smallest absolute Gasteiger partial charge is 0.264 e. The van der Waals surface area contributed by atoms with Crippen molar-refractivity contribution in [3.63, 3.8) is 0 Å². The molecule has 4 rings (SSSR count). The van der Waals surface area contributed by atoms with E-state index in [1.54, 1.807) is 43.3 Å². The summed E-state index contributed by atoms with van der Waals surface area (Å²) >= 11 is 0. The zero-order valence-electron chi connectivity index (χ0n) is 16.6. The van der Waals surface area contributed by atoms with Crippen LogP contribution in [0, 0.1) is 13.8 Å². The first kappa shape index (κ1) is 19.6. The SMILES string of the molecule is Cc1ccnc(NC(=O)Cn2nc(C)c3c(C(F)F)cc(-c4cnn(C)c4)nc32)c1. The zero-order chi connectivity index (χ0) is 21.4. The predicted octanol–water partition coefficient (Wildman–Crippen LogP) is 3.42. The van der Waals surface area contributed by atoms with E-state index in [9.17, 15) is 13.6 Å². The van der Waals surface area contributed by atoms with Crippen LogP contribution in [0.2, 0.25) is 0 Å². The molecule has 30 heavy (non-hydrogen) atoms. The van der Waals surface area contributed by atoms with E-state index in [2.05, 4.69) is 25.5 Å². The van der Waals surface area contributed by atoms with Gasteiger partial charge >= 0.3 is 0 Å². The largest absolute Gasteiger partial charge is 0.309 e. The van der Waals surface area contributed by atoms with Crippen molar-refractivity contribution in [2.75, 3.05) is 5.32 Å². The van der Waals surface area contributed by atoms with Gasteiger partial charge < -0.3 is 5.32 Å². The second kappa shape index (κ2) is 7.62. The number of amides is 1. The van der Waals surface area contributed by atoms with Crippen LogP contribution in [0.4, 0.5) is 14.6 Å². The molecule has 0 atom stereocenters. The maximum absolute atomic E-state index is 13.8. The second-order valence-corrected chi connectivity index (χ2v) is 7.01. The van der Waals surface area contributed by atoms with Gasteiger partial charge in [0.15, 0.2) is 5.65 Å². The summed E-state index contributed by atoms with van der Waals surface area (Å²) in [4.78, 5) is 21.1. The van der Waals surface area contributed by atoms with E-state index < -0.39 is 6.43 Å². The highest BCUT2D eigenvalue weighted by Crippen LogP contribution is 2.32. The number of nitrogens with zero attached hydrogens (tertiary/aromatic N) is 6. The van der Waals surface area contributed by atoms with Crippen LogP contribution in [-0.4, -0.2) is 35.4 Å². The Morgan fingerprint density at radius 1 is 1.27 bits per heavy atom. The number of alkyl halides is 2. The maximum Gasteiger partial charge on any atom is 0.264 e. The van der Waals surface area contributed by atoms with Crippen LogP contribution in [0.5, 0.6) is 0 Å². The molecule has 1 N–H and O–H groups in total. The zero-order valence-corrected chi connectivity index (χ0v) is 16.6. The first-order valence-corrected chi connectivity index (χ1v) is 9.19. The lowest BCUT2D eigenvalue weighted by atomic mass is 10.1. The summed E-state index contributed by atoms with van der Waals surface area (Å²) in [5.41, 5.74) is 2.31. The average Bonchev–Trinajstić information content (AvgIpc) is 3.24. The molecular weight excluding hydrogens is 392 g/mol. The molecule has 0 saturated carbocycles. The van der Waals surface area contributed by atoms with Gasteiger partial charge in [-0.3, -0.25) is 9.48 Å². The highest BCUT2D eigenvalue weighted by Gasteiger charge is 2.22. The average molecular weight is 411 g/mol. The first-order valence-electron chi connectivity index (χ1n) is 9.19. The van der Waals surface area contributed by atoms with Gasteiger partial charge in [-0.2, -0.15) is 10.2 Å². The van der Waals surface area contributed by atoms with E-state index >= 15 is 0 Å². The van der Waals surface area contributed by atoms with Crippen LogP contribution < -0.4 is 5.32 Å². The highest BCUT2D eigenvalue weighted by atomic mass is 19.3. The van der Waals surface area contributed by atoms with E-state index in [1.807, 2.05) is 13.0 Å². The van der Waals surface area contributed by atoms with Gasteiger partial charge in [0.25, 0.3) is 6.43 Å². The van der Waals surface area contributed by atoms with Gasteiger partial charge in [-0.25, -0.2) is 23.4 Å². The Labute approximate surface area is 170 Å². The number of anilines is 1. The van der Waals surface area contributed by atoms with Crippen LogP contribution in [0.3, 0.4) is 0 Å². The lowest BCUT2D eigenvalue weighted by molar-refractivity contribution is -0.116. The molecule has 0 aromatic carbocycles. The van der Waals surface area contributed by atoms with E-state index in [-0.39, 0.29) is 29.0 Å². The molecule has 0 unspecified atom stereocenters.